The standard InChI is InChI=1S/C21H36N2O3/c1-6-10-13-25-20-14-17(11-12-18(20)22)21(24)26-15-19(16(5)7-2)23(8-3)9-4/h11-12,14,16,19H,6-10,13,15,22H2,1-5H3/t16?,19-/m1/s1. The van der Waals surface area contributed by atoms with E-state index >= 15 is 0 Å². The molecule has 0 radical (unpaired) electrons. The Morgan fingerprint density at radius 1 is 1.19 bits per heavy atom. The highest BCUT2D eigenvalue weighted by Gasteiger charge is 2.23. The van der Waals surface area contributed by atoms with Crippen LogP contribution in [0.5, 0.6) is 5.75 Å². The van der Waals surface area contributed by atoms with E-state index in [1.165, 1.54) is 0 Å². The van der Waals surface area contributed by atoms with E-state index in [0.717, 1.165) is 32.4 Å². The van der Waals surface area contributed by atoms with E-state index in [4.69, 9.17) is 15.2 Å². The van der Waals surface area contributed by atoms with E-state index in [1.807, 2.05) is 0 Å². The van der Waals surface area contributed by atoms with Crippen molar-refractivity contribution in [3.05, 3.63) is 23.8 Å². The highest BCUT2D eigenvalue weighted by molar-refractivity contribution is 5.90. The first kappa shape index (κ1) is 22.3. The first-order chi connectivity index (χ1) is 12.5. The first-order valence-electron chi connectivity index (χ1n) is 9.91. The number of esters is 1. The summed E-state index contributed by atoms with van der Waals surface area (Å²) in [6.07, 6.45) is 3.05. The molecule has 0 aliphatic heterocycles. The number of hydrogen-bond donors (Lipinski definition) is 1. The Kier molecular flexibility index (Phi) is 10.1. The van der Waals surface area contributed by atoms with Gasteiger partial charge in [-0.15, -0.1) is 0 Å². The SMILES string of the molecule is CCCCOc1cc(C(=O)OC[C@H](C(C)CC)N(CC)CC)ccc1N. The van der Waals surface area contributed by atoms with Crippen molar-refractivity contribution in [3.8, 4) is 5.75 Å². The lowest BCUT2D eigenvalue weighted by atomic mass is 9.98. The van der Waals surface area contributed by atoms with Gasteiger partial charge in [-0.3, -0.25) is 4.90 Å². The first-order valence-corrected chi connectivity index (χ1v) is 9.91. The molecule has 2 atom stereocenters. The van der Waals surface area contributed by atoms with E-state index in [0.29, 0.717) is 36.1 Å². The van der Waals surface area contributed by atoms with Crippen molar-refractivity contribution in [1.82, 2.24) is 4.90 Å². The van der Waals surface area contributed by atoms with Crippen LogP contribution in [0.4, 0.5) is 5.69 Å². The molecule has 0 spiro atoms. The Labute approximate surface area is 158 Å². The molecule has 1 aromatic rings. The van der Waals surface area contributed by atoms with Gasteiger partial charge in [-0.1, -0.05) is 47.5 Å². The second-order valence-electron chi connectivity index (χ2n) is 6.73. The van der Waals surface area contributed by atoms with Gasteiger partial charge in [0.2, 0.25) is 0 Å². The van der Waals surface area contributed by atoms with Crippen LogP contribution in [0, 0.1) is 5.92 Å². The minimum absolute atomic E-state index is 0.230. The van der Waals surface area contributed by atoms with Gasteiger partial charge in [0.15, 0.2) is 0 Å². The maximum atomic E-state index is 12.5. The van der Waals surface area contributed by atoms with Gasteiger partial charge in [-0.05, 0) is 43.6 Å². The molecule has 5 heteroatoms. The van der Waals surface area contributed by atoms with Gasteiger partial charge in [-0.25, -0.2) is 4.79 Å². The summed E-state index contributed by atoms with van der Waals surface area (Å²) in [6.45, 7) is 13.6. The van der Waals surface area contributed by atoms with Crippen LogP contribution in [-0.2, 0) is 4.74 Å². The van der Waals surface area contributed by atoms with E-state index in [1.54, 1.807) is 18.2 Å². The summed E-state index contributed by atoms with van der Waals surface area (Å²) >= 11 is 0. The largest absolute Gasteiger partial charge is 0.491 e. The van der Waals surface area contributed by atoms with Crippen molar-refractivity contribution in [3.63, 3.8) is 0 Å². The Hall–Kier alpha value is -1.75. The predicted octanol–water partition coefficient (Wildman–Crippen LogP) is 4.36. The summed E-state index contributed by atoms with van der Waals surface area (Å²) in [4.78, 5) is 14.9. The molecule has 26 heavy (non-hydrogen) atoms. The molecule has 0 bridgehead atoms. The van der Waals surface area contributed by atoms with Crippen LogP contribution in [0.2, 0.25) is 0 Å². The molecular weight excluding hydrogens is 328 g/mol. The molecule has 1 unspecified atom stereocenters. The third-order valence-corrected chi connectivity index (χ3v) is 4.97. The fourth-order valence-electron chi connectivity index (χ4n) is 2.95. The maximum absolute atomic E-state index is 12.5. The fraction of sp³-hybridized carbons (Fsp3) is 0.667. The summed E-state index contributed by atoms with van der Waals surface area (Å²) in [6, 6.07) is 5.31. The molecule has 0 saturated carbocycles. The van der Waals surface area contributed by atoms with Gasteiger partial charge in [0, 0.05) is 6.04 Å². The molecule has 2 N–H and O–H groups in total. The fourth-order valence-corrected chi connectivity index (χ4v) is 2.95. The number of nitrogens with two attached hydrogens (primary N) is 1. The Balaban J connectivity index is 2.77. The topological polar surface area (TPSA) is 64.8 Å². The van der Waals surface area contributed by atoms with Gasteiger partial charge in [-0.2, -0.15) is 0 Å². The van der Waals surface area contributed by atoms with E-state index in [2.05, 4.69) is 39.5 Å². The number of ether oxygens (including phenoxy) is 2. The molecule has 0 aliphatic carbocycles. The number of carbonyl (C=O) groups excluding carboxylic acids is 1. The number of hydrogen-bond acceptors (Lipinski definition) is 5. The highest BCUT2D eigenvalue weighted by Crippen LogP contribution is 2.24. The van der Waals surface area contributed by atoms with Crippen molar-refractivity contribution in [2.45, 2.75) is 59.9 Å². The Morgan fingerprint density at radius 3 is 2.46 bits per heavy atom. The third kappa shape index (κ3) is 6.52. The molecule has 148 valence electrons. The predicted molar refractivity (Wildman–Crippen MR) is 108 cm³/mol. The summed E-state index contributed by atoms with van der Waals surface area (Å²) in [7, 11) is 0. The Bertz CT molecular complexity index is 544. The van der Waals surface area contributed by atoms with Crippen LogP contribution < -0.4 is 10.5 Å². The van der Waals surface area contributed by atoms with Crippen molar-refractivity contribution in [2.24, 2.45) is 5.92 Å². The number of nitrogen functional groups attached to an aromatic ring is 1. The number of nitrogens with zero attached hydrogens (tertiary/aromatic N) is 1. The maximum Gasteiger partial charge on any atom is 0.338 e. The molecule has 0 aliphatic rings. The number of rotatable bonds is 12. The number of likely N-dealkylation sites (N-methyl/N-ethyl adjacent to an activating group) is 1. The van der Waals surface area contributed by atoms with Crippen LogP contribution in [-0.4, -0.2) is 43.2 Å². The highest BCUT2D eigenvalue weighted by atomic mass is 16.5. The van der Waals surface area contributed by atoms with Gasteiger partial charge in [0.05, 0.1) is 17.9 Å². The summed E-state index contributed by atoms with van der Waals surface area (Å²) in [5.41, 5.74) is 6.96. The van der Waals surface area contributed by atoms with E-state index < -0.39 is 0 Å². The summed E-state index contributed by atoms with van der Waals surface area (Å²) in [5.74, 6) is 0.683. The molecule has 0 heterocycles. The zero-order chi connectivity index (χ0) is 19.5. The van der Waals surface area contributed by atoms with Crippen molar-refractivity contribution >= 4 is 11.7 Å². The molecule has 0 aromatic heterocycles. The van der Waals surface area contributed by atoms with Crippen LogP contribution in [0.15, 0.2) is 18.2 Å². The van der Waals surface area contributed by atoms with Gasteiger partial charge in [0.1, 0.15) is 12.4 Å². The lowest BCUT2D eigenvalue weighted by Gasteiger charge is -2.33. The lowest BCUT2D eigenvalue weighted by molar-refractivity contribution is 0.0272. The molecule has 5 nitrogen and oxygen atoms in total. The van der Waals surface area contributed by atoms with Gasteiger partial charge >= 0.3 is 5.97 Å². The Morgan fingerprint density at radius 2 is 1.88 bits per heavy atom. The molecule has 0 saturated heterocycles. The second kappa shape index (κ2) is 11.8. The van der Waals surface area contributed by atoms with Crippen molar-refractivity contribution < 1.29 is 14.3 Å². The zero-order valence-corrected chi connectivity index (χ0v) is 17.1. The number of anilines is 1. The summed E-state index contributed by atoms with van der Waals surface area (Å²) < 4.78 is 11.3. The number of unbranched alkanes of at least 4 members (excludes halogenated alkanes) is 1. The van der Waals surface area contributed by atoms with Crippen LogP contribution >= 0.6 is 0 Å². The van der Waals surface area contributed by atoms with E-state index in [-0.39, 0.29) is 12.0 Å². The summed E-state index contributed by atoms with van der Waals surface area (Å²) in [5, 5.41) is 0. The molecule has 0 amide bonds. The van der Waals surface area contributed by atoms with Gasteiger partial charge < -0.3 is 15.2 Å². The number of carbonyl (C=O) groups is 1. The monoisotopic (exact) mass is 364 g/mol. The lowest BCUT2D eigenvalue weighted by Crippen LogP contribution is -2.43. The molecule has 0 fully saturated rings. The normalized spacial score (nSPS) is 13.5. The van der Waals surface area contributed by atoms with Crippen LogP contribution in [0.1, 0.15) is 64.2 Å². The third-order valence-electron chi connectivity index (χ3n) is 4.97. The molecular formula is C21H36N2O3. The van der Waals surface area contributed by atoms with Crippen molar-refractivity contribution in [2.75, 3.05) is 32.0 Å². The number of benzene rings is 1. The van der Waals surface area contributed by atoms with Crippen molar-refractivity contribution in [1.29, 1.82) is 0 Å². The van der Waals surface area contributed by atoms with Crippen LogP contribution in [0.3, 0.4) is 0 Å². The van der Waals surface area contributed by atoms with Crippen LogP contribution in [0.25, 0.3) is 0 Å². The second-order valence-corrected chi connectivity index (χ2v) is 6.73. The zero-order valence-electron chi connectivity index (χ0n) is 17.1. The average molecular weight is 365 g/mol. The molecule has 1 aromatic carbocycles. The quantitative estimate of drug-likeness (QED) is 0.339. The molecule has 1 rings (SSSR count). The van der Waals surface area contributed by atoms with Gasteiger partial charge in [0.25, 0.3) is 0 Å². The minimum atomic E-state index is -0.328. The average Bonchev–Trinajstić information content (AvgIpc) is 2.65. The minimum Gasteiger partial charge on any atom is -0.491 e. The van der Waals surface area contributed by atoms with E-state index in [9.17, 15) is 4.79 Å². The smallest absolute Gasteiger partial charge is 0.338 e.